The van der Waals surface area contributed by atoms with E-state index in [1.165, 1.54) is 0 Å². The van der Waals surface area contributed by atoms with Gasteiger partial charge in [-0.05, 0) is 18.4 Å². The van der Waals surface area contributed by atoms with Gasteiger partial charge < -0.3 is 15.2 Å². The second-order valence-corrected chi connectivity index (χ2v) is 4.55. The van der Waals surface area contributed by atoms with Crippen molar-refractivity contribution >= 4 is 5.91 Å². The van der Waals surface area contributed by atoms with Gasteiger partial charge in [0.05, 0.1) is 25.2 Å². The van der Waals surface area contributed by atoms with Gasteiger partial charge in [-0.3, -0.25) is 4.79 Å². The molecule has 1 saturated heterocycles. The number of aliphatic hydroxyl groups is 1. The average molecular weight is 249 g/mol. The van der Waals surface area contributed by atoms with Gasteiger partial charge in [-0.15, -0.1) is 0 Å². The molecule has 1 unspecified atom stereocenters. The summed E-state index contributed by atoms with van der Waals surface area (Å²) in [5, 5.41) is 12.2. The first-order valence-corrected chi connectivity index (χ1v) is 6.36. The van der Waals surface area contributed by atoms with E-state index < -0.39 is 0 Å². The number of rotatable bonds is 5. The molecule has 0 radical (unpaired) electrons. The Morgan fingerprint density at radius 2 is 2.22 bits per heavy atom. The molecule has 0 bridgehead atoms. The molecular formula is C14H19NO3. The van der Waals surface area contributed by atoms with Crippen LogP contribution in [-0.4, -0.2) is 30.3 Å². The molecule has 1 amide bonds. The highest BCUT2D eigenvalue weighted by Gasteiger charge is 2.21. The normalized spacial score (nSPS) is 20.6. The maximum absolute atomic E-state index is 11.8. The van der Waals surface area contributed by atoms with Crippen molar-refractivity contribution in [2.24, 2.45) is 0 Å². The van der Waals surface area contributed by atoms with Crippen molar-refractivity contribution in [3.63, 3.8) is 0 Å². The Bertz CT molecular complexity index is 374. The zero-order chi connectivity index (χ0) is 12.8. The monoisotopic (exact) mass is 249 g/mol. The maximum Gasteiger partial charge on any atom is 0.223 e. The van der Waals surface area contributed by atoms with Crippen LogP contribution in [0.25, 0.3) is 0 Å². The molecule has 1 fully saturated rings. The van der Waals surface area contributed by atoms with Crippen LogP contribution < -0.4 is 5.32 Å². The van der Waals surface area contributed by atoms with Gasteiger partial charge in [0.1, 0.15) is 0 Å². The van der Waals surface area contributed by atoms with Gasteiger partial charge >= 0.3 is 0 Å². The van der Waals surface area contributed by atoms with Crippen LogP contribution in [0.3, 0.4) is 0 Å². The van der Waals surface area contributed by atoms with Crippen LogP contribution in [-0.2, 0) is 9.53 Å². The fourth-order valence-corrected chi connectivity index (χ4v) is 2.19. The summed E-state index contributed by atoms with van der Waals surface area (Å²) in [6, 6.07) is 9.15. The number of hydrogen-bond donors (Lipinski definition) is 2. The van der Waals surface area contributed by atoms with E-state index >= 15 is 0 Å². The minimum absolute atomic E-state index is 0.0418. The molecular weight excluding hydrogens is 230 g/mol. The summed E-state index contributed by atoms with van der Waals surface area (Å²) in [4.78, 5) is 11.8. The minimum atomic E-state index is -0.333. The lowest BCUT2D eigenvalue weighted by atomic mass is 10.1. The highest BCUT2D eigenvalue weighted by molar-refractivity contribution is 5.77. The number of aliphatic hydroxyl groups excluding tert-OH is 1. The average Bonchev–Trinajstić information content (AvgIpc) is 2.90. The summed E-state index contributed by atoms with van der Waals surface area (Å²) < 4.78 is 5.42. The summed E-state index contributed by atoms with van der Waals surface area (Å²) in [6.07, 6.45) is 2.39. The van der Waals surface area contributed by atoms with Gasteiger partial charge in [0.15, 0.2) is 0 Å². The van der Waals surface area contributed by atoms with Crippen molar-refractivity contribution < 1.29 is 14.6 Å². The molecule has 0 saturated carbocycles. The molecule has 4 nitrogen and oxygen atoms in total. The van der Waals surface area contributed by atoms with E-state index in [9.17, 15) is 9.90 Å². The first-order valence-electron chi connectivity index (χ1n) is 6.36. The largest absolute Gasteiger partial charge is 0.394 e. The van der Waals surface area contributed by atoms with Gasteiger partial charge in [-0.1, -0.05) is 30.3 Å². The molecule has 1 heterocycles. The van der Waals surface area contributed by atoms with Gasteiger partial charge in [0, 0.05) is 6.61 Å². The van der Waals surface area contributed by atoms with Gasteiger partial charge in [-0.25, -0.2) is 0 Å². The highest BCUT2D eigenvalue weighted by Crippen LogP contribution is 2.16. The lowest BCUT2D eigenvalue weighted by Crippen LogP contribution is -2.32. The molecule has 2 atom stereocenters. The molecule has 1 aromatic carbocycles. The van der Waals surface area contributed by atoms with E-state index in [1.807, 2.05) is 30.3 Å². The SMILES string of the molecule is O=C(CC1CCCO1)N[C@H](CO)c1ccccc1. The molecule has 1 aromatic rings. The number of carbonyl (C=O) groups excluding carboxylic acids is 1. The van der Waals surface area contributed by atoms with Gasteiger partial charge in [-0.2, -0.15) is 0 Å². The lowest BCUT2D eigenvalue weighted by molar-refractivity contribution is -0.124. The van der Waals surface area contributed by atoms with Crippen molar-refractivity contribution in [3.8, 4) is 0 Å². The van der Waals surface area contributed by atoms with Crippen molar-refractivity contribution in [2.75, 3.05) is 13.2 Å². The molecule has 98 valence electrons. The zero-order valence-electron chi connectivity index (χ0n) is 10.3. The highest BCUT2D eigenvalue weighted by atomic mass is 16.5. The number of benzene rings is 1. The van der Waals surface area contributed by atoms with Crippen LogP contribution >= 0.6 is 0 Å². The number of ether oxygens (including phenoxy) is 1. The summed E-state index contributed by atoms with van der Waals surface area (Å²) >= 11 is 0. The summed E-state index contributed by atoms with van der Waals surface area (Å²) in [5.74, 6) is -0.0650. The predicted octanol–water partition coefficient (Wildman–Crippen LogP) is 1.41. The van der Waals surface area contributed by atoms with Crippen LogP contribution in [0.15, 0.2) is 30.3 Å². The number of amides is 1. The summed E-state index contributed by atoms with van der Waals surface area (Å²) in [5.41, 5.74) is 0.917. The molecule has 18 heavy (non-hydrogen) atoms. The zero-order valence-corrected chi connectivity index (χ0v) is 10.3. The second-order valence-electron chi connectivity index (χ2n) is 4.55. The van der Waals surface area contributed by atoms with Crippen LogP contribution in [0.1, 0.15) is 30.9 Å². The van der Waals surface area contributed by atoms with Crippen molar-refractivity contribution in [3.05, 3.63) is 35.9 Å². The number of carbonyl (C=O) groups is 1. The molecule has 1 aliphatic heterocycles. The van der Waals surface area contributed by atoms with E-state index in [4.69, 9.17) is 4.74 Å². The number of hydrogen-bond acceptors (Lipinski definition) is 3. The Kier molecular flexibility index (Phi) is 4.73. The third kappa shape index (κ3) is 3.55. The molecule has 1 aliphatic rings. The van der Waals surface area contributed by atoms with Crippen LogP contribution in [0.4, 0.5) is 0 Å². The molecule has 0 aromatic heterocycles. The minimum Gasteiger partial charge on any atom is -0.394 e. The Balaban J connectivity index is 1.87. The molecule has 4 heteroatoms. The summed E-state index contributed by atoms with van der Waals surface area (Å²) in [7, 11) is 0. The maximum atomic E-state index is 11.8. The van der Waals surface area contributed by atoms with Gasteiger partial charge in [0.25, 0.3) is 0 Å². The Morgan fingerprint density at radius 3 is 2.83 bits per heavy atom. The number of nitrogens with one attached hydrogen (secondary N) is 1. The third-order valence-corrected chi connectivity index (χ3v) is 3.16. The molecule has 0 spiro atoms. The fourth-order valence-electron chi connectivity index (χ4n) is 2.19. The fraction of sp³-hybridized carbons (Fsp3) is 0.500. The van der Waals surface area contributed by atoms with Crippen molar-refractivity contribution in [2.45, 2.75) is 31.4 Å². The Labute approximate surface area is 107 Å². The smallest absolute Gasteiger partial charge is 0.223 e. The van der Waals surface area contributed by atoms with Crippen LogP contribution in [0, 0.1) is 0 Å². The van der Waals surface area contributed by atoms with E-state index in [2.05, 4.69) is 5.32 Å². The van der Waals surface area contributed by atoms with Crippen LogP contribution in [0.5, 0.6) is 0 Å². The topological polar surface area (TPSA) is 58.6 Å². The standard InChI is InChI=1S/C14H19NO3/c16-10-13(11-5-2-1-3-6-11)15-14(17)9-12-7-4-8-18-12/h1-3,5-6,12-13,16H,4,7-10H2,(H,15,17)/t12?,13-/m1/s1. The van der Waals surface area contributed by atoms with E-state index in [1.54, 1.807) is 0 Å². The van der Waals surface area contributed by atoms with E-state index in [0.29, 0.717) is 6.42 Å². The Hall–Kier alpha value is -1.39. The quantitative estimate of drug-likeness (QED) is 0.829. The first kappa shape index (κ1) is 13.1. The predicted molar refractivity (Wildman–Crippen MR) is 68.0 cm³/mol. The van der Waals surface area contributed by atoms with Gasteiger partial charge in [0.2, 0.25) is 5.91 Å². The molecule has 2 rings (SSSR count). The first-order chi connectivity index (χ1) is 8.79. The lowest BCUT2D eigenvalue weighted by Gasteiger charge is -2.18. The van der Waals surface area contributed by atoms with Crippen LogP contribution in [0.2, 0.25) is 0 Å². The van der Waals surface area contributed by atoms with E-state index in [0.717, 1.165) is 25.0 Å². The Morgan fingerprint density at radius 1 is 1.44 bits per heavy atom. The third-order valence-electron chi connectivity index (χ3n) is 3.16. The van der Waals surface area contributed by atoms with Crippen molar-refractivity contribution in [1.82, 2.24) is 5.32 Å². The summed E-state index contributed by atoms with van der Waals surface area (Å²) in [6.45, 7) is 0.654. The van der Waals surface area contributed by atoms with E-state index in [-0.39, 0.29) is 24.7 Å². The van der Waals surface area contributed by atoms with Crippen molar-refractivity contribution in [1.29, 1.82) is 0 Å². The second kappa shape index (κ2) is 6.52. The molecule has 0 aliphatic carbocycles. The molecule has 2 N–H and O–H groups in total.